The monoisotopic (exact) mass is 699 g/mol. The van der Waals surface area contributed by atoms with Gasteiger partial charge in [-0.3, -0.25) is 24.6 Å². The molecule has 0 saturated carbocycles. The molecule has 5 aromatic carbocycles. The van der Waals surface area contributed by atoms with E-state index in [-0.39, 0.29) is 22.6 Å². The molecule has 5 aromatic rings. The first kappa shape index (κ1) is 34.2. The summed E-state index contributed by atoms with van der Waals surface area (Å²) in [7, 11) is 0. The summed E-state index contributed by atoms with van der Waals surface area (Å²) in [6, 6.07) is 32.9. The Morgan fingerprint density at radius 3 is 2.22 bits per heavy atom. The number of carbonyl (C=O) groups excluding carboxylic acids is 3. The van der Waals surface area contributed by atoms with Crippen molar-refractivity contribution in [2.75, 3.05) is 10.2 Å². The molecule has 8 nitrogen and oxygen atoms in total. The second kappa shape index (κ2) is 13.1. The standard InChI is InChI=1S/C42H38ClN3O5/c1-25-18-23-35-33(24-25)37(47)41(39(51-35)44-28(4)29-13-7-5-8-14-29)36(38(48)45-34-17-11-12-26(2)27(34)3)46(32-21-19-31(43)20-22-32)40(49)42(41,50)30-15-9-6-10-16-30/h5-24,28,36,39,44,50H,1-4H3,(H,45,48)/t28-,36+,39-,41-,42+/m0/s1. The molecule has 1 spiro atoms. The molecule has 258 valence electrons. The van der Waals surface area contributed by atoms with Crippen LogP contribution in [0.1, 0.15) is 51.1 Å². The number of rotatable bonds is 7. The number of Topliss-reactive ketones (excluding diaryl/α,β-unsaturated/α-hetero) is 1. The number of aliphatic hydroxyl groups is 1. The molecule has 51 heavy (non-hydrogen) atoms. The van der Waals surface area contributed by atoms with Crippen molar-refractivity contribution in [3.8, 4) is 5.75 Å². The van der Waals surface area contributed by atoms with Gasteiger partial charge in [0.05, 0.1) is 5.56 Å². The summed E-state index contributed by atoms with van der Waals surface area (Å²) in [4.78, 5) is 47.5. The molecule has 2 amide bonds. The van der Waals surface area contributed by atoms with Gasteiger partial charge in [0.2, 0.25) is 5.91 Å². The van der Waals surface area contributed by atoms with Crippen LogP contribution >= 0.6 is 11.6 Å². The number of carbonyl (C=O) groups is 3. The van der Waals surface area contributed by atoms with E-state index in [0.29, 0.717) is 10.7 Å². The van der Waals surface area contributed by atoms with Crippen molar-refractivity contribution in [1.82, 2.24) is 5.32 Å². The Kier molecular flexibility index (Phi) is 8.79. The van der Waals surface area contributed by atoms with Gasteiger partial charge in [-0.25, -0.2) is 0 Å². The summed E-state index contributed by atoms with van der Waals surface area (Å²) in [5.41, 5.74) is -0.404. The van der Waals surface area contributed by atoms with Crippen molar-refractivity contribution in [1.29, 1.82) is 0 Å². The number of ketones is 1. The number of amides is 2. The molecule has 0 aliphatic carbocycles. The van der Waals surface area contributed by atoms with Crippen molar-refractivity contribution < 1.29 is 24.2 Å². The predicted molar refractivity (Wildman–Crippen MR) is 198 cm³/mol. The van der Waals surface area contributed by atoms with Crippen LogP contribution in [0.4, 0.5) is 11.4 Å². The summed E-state index contributed by atoms with van der Waals surface area (Å²) in [6.45, 7) is 7.57. The molecule has 0 radical (unpaired) electrons. The van der Waals surface area contributed by atoms with E-state index in [4.69, 9.17) is 16.3 Å². The van der Waals surface area contributed by atoms with Crippen LogP contribution in [0.2, 0.25) is 5.02 Å². The molecule has 7 rings (SSSR count). The van der Waals surface area contributed by atoms with Crippen LogP contribution in [0.15, 0.2) is 121 Å². The highest BCUT2D eigenvalue weighted by Crippen LogP contribution is 2.59. The largest absolute Gasteiger partial charge is 0.473 e. The second-order valence-corrected chi connectivity index (χ2v) is 13.8. The van der Waals surface area contributed by atoms with E-state index >= 15 is 14.4 Å². The van der Waals surface area contributed by atoms with Crippen molar-refractivity contribution in [3.05, 3.63) is 160 Å². The van der Waals surface area contributed by atoms with Gasteiger partial charge in [0.15, 0.2) is 23.0 Å². The Balaban J connectivity index is 1.55. The van der Waals surface area contributed by atoms with E-state index < -0.39 is 46.9 Å². The molecule has 2 aliphatic heterocycles. The zero-order chi connectivity index (χ0) is 36.1. The topological polar surface area (TPSA) is 108 Å². The van der Waals surface area contributed by atoms with Gasteiger partial charge < -0.3 is 15.2 Å². The van der Waals surface area contributed by atoms with Crippen LogP contribution in [0.3, 0.4) is 0 Å². The molecule has 0 unspecified atom stereocenters. The van der Waals surface area contributed by atoms with Gasteiger partial charge in [-0.05, 0) is 92.4 Å². The van der Waals surface area contributed by atoms with E-state index in [1.165, 1.54) is 4.90 Å². The average Bonchev–Trinajstić information content (AvgIpc) is 3.35. The van der Waals surface area contributed by atoms with Crippen LogP contribution < -0.4 is 20.3 Å². The smallest absolute Gasteiger partial charge is 0.265 e. The van der Waals surface area contributed by atoms with Gasteiger partial charge in [-0.15, -0.1) is 0 Å². The van der Waals surface area contributed by atoms with Gasteiger partial charge in [-0.2, -0.15) is 0 Å². The van der Waals surface area contributed by atoms with Crippen LogP contribution in [0.25, 0.3) is 0 Å². The summed E-state index contributed by atoms with van der Waals surface area (Å²) in [5.74, 6) is -1.87. The number of ether oxygens (including phenoxy) is 1. The summed E-state index contributed by atoms with van der Waals surface area (Å²) in [6.07, 6.45) is -1.39. The third-order valence-electron chi connectivity index (χ3n) is 10.3. The average molecular weight is 700 g/mol. The van der Waals surface area contributed by atoms with E-state index in [0.717, 1.165) is 22.3 Å². The van der Waals surface area contributed by atoms with E-state index in [1.807, 2.05) is 76.2 Å². The lowest BCUT2D eigenvalue weighted by Gasteiger charge is -2.49. The number of halogens is 1. The Morgan fingerprint density at radius 2 is 1.53 bits per heavy atom. The SMILES string of the molecule is Cc1ccc2c(c1)C(=O)[C@]1([C@@H](N[C@@H](C)c3ccccc3)O2)[C@@H](C(=O)Nc2cccc(C)c2C)N(c2ccc(Cl)cc2)C(=O)[C@]1(O)c1ccccc1. The molecule has 2 aliphatic rings. The third-order valence-corrected chi connectivity index (χ3v) is 10.6. The van der Waals surface area contributed by atoms with Gasteiger partial charge in [0, 0.05) is 22.4 Å². The highest BCUT2D eigenvalue weighted by Gasteiger charge is 2.80. The van der Waals surface area contributed by atoms with Gasteiger partial charge >= 0.3 is 0 Å². The third kappa shape index (κ3) is 5.42. The molecule has 0 bridgehead atoms. The highest BCUT2D eigenvalue weighted by molar-refractivity contribution is 6.30. The molecule has 2 heterocycles. The van der Waals surface area contributed by atoms with E-state index in [1.54, 1.807) is 72.8 Å². The Bertz CT molecular complexity index is 2140. The van der Waals surface area contributed by atoms with Crippen molar-refractivity contribution in [2.45, 2.75) is 51.6 Å². The number of nitrogens with zero attached hydrogens (tertiary/aromatic N) is 1. The molecule has 0 aromatic heterocycles. The molecular weight excluding hydrogens is 662 g/mol. The number of nitrogens with one attached hydrogen (secondary N) is 2. The number of aryl methyl sites for hydroxylation is 2. The zero-order valence-corrected chi connectivity index (χ0v) is 29.4. The summed E-state index contributed by atoms with van der Waals surface area (Å²) >= 11 is 6.30. The first-order valence-electron chi connectivity index (χ1n) is 16.9. The Labute approximate surface area is 302 Å². The second-order valence-electron chi connectivity index (χ2n) is 13.4. The maximum atomic E-state index is 15.7. The zero-order valence-electron chi connectivity index (χ0n) is 28.7. The van der Waals surface area contributed by atoms with Crippen LogP contribution in [0, 0.1) is 26.2 Å². The van der Waals surface area contributed by atoms with Crippen molar-refractivity contribution >= 4 is 40.6 Å². The first-order valence-corrected chi connectivity index (χ1v) is 17.2. The number of hydrogen-bond acceptors (Lipinski definition) is 6. The fourth-order valence-corrected chi connectivity index (χ4v) is 7.66. The number of benzene rings is 5. The number of anilines is 2. The minimum atomic E-state index is -2.61. The Hall–Kier alpha value is -5.28. The van der Waals surface area contributed by atoms with Crippen molar-refractivity contribution in [3.63, 3.8) is 0 Å². The Morgan fingerprint density at radius 1 is 0.863 bits per heavy atom. The first-order chi connectivity index (χ1) is 24.5. The molecular formula is C42H38ClN3O5. The normalized spacial score (nSPS) is 23.1. The minimum Gasteiger partial charge on any atom is -0.473 e. The lowest BCUT2D eigenvalue weighted by atomic mass is 9.60. The molecule has 3 N–H and O–H groups in total. The summed E-state index contributed by atoms with van der Waals surface area (Å²) in [5, 5.41) is 20.4. The molecule has 5 atom stereocenters. The van der Waals surface area contributed by atoms with Crippen LogP contribution in [-0.2, 0) is 15.2 Å². The van der Waals surface area contributed by atoms with Gasteiger partial charge in [-0.1, -0.05) is 96.0 Å². The number of hydrogen-bond donors (Lipinski definition) is 3. The van der Waals surface area contributed by atoms with E-state index in [2.05, 4.69) is 10.6 Å². The molecule has 9 heteroatoms. The lowest BCUT2D eigenvalue weighted by molar-refractivity contribution is -0.156. The summed E-state index contributed by atoms with van der Waals surface area (Å²) < 4.78 is 6.76. The van der Waals surface area contributed by atoms with Gasteiger partial charge in [0.25, 0.3) is 5.91 Å². The molecule has 1 saturated heterocycles. The highest BCUT2D eigenvalue weighted by atomic mass is 35.5. The lowest BCUT2D eigenvalue weighted by Crippen LogP contribution is -2.70. The maximum absolute atomic E-state index is 15.7. The quantitative estimate of drug-likeness (QED) is 0.163. The van der Waals surface area contributed by atoms with Crippen LogP contribution in [-0.4, -0.2) is 35.0 Å². The van der Waals surface area contributed by atoms with Crippen molar-refractivity contribution in [2.24, 2.45) is 5.41 Å². The van der Waals surface area contributed by atoms with E-state index in [9.17, 15) is 5.11 Å². The minimum absolute atomic E-state index is 0.142. The predicted octanol–water partition coefficient (Wildman–Crippen LogP) is 7.45. The van der Waals surface area contributed by atoms with Gasteiger partial charge in [0.1, 0.15) is 11.8 Å². The maximum Gasteiger partial charge on any atom is 0.265 e. The van der Waals surface area contributed by atoms with Crippen LogP contribution in [0.5, 0.6) is 5.75 Å². The molecule has 1 fully saturated rings. The fraction of sp³-hybridized carbons (Fsp3) is 0.214. The number of fused-ring (bicyclic) bond motifs is 1. The fourth-order valence-electron chi connectivity index (χ4n) is 7.53.